The number of ether oxygens (including phenoxy) is 1. The summed E-state index contributed by atoms with van der Waals surface area (Å²) in [6.07, 6.45) is 5.57. The van der Waals surface area contributed by atoms with Crippen molar-refractivity contribution in [2.24, 2.45) is 5.73 Å². The minimum atomic E-state index is 0.00463. The fraction of sp³-hybridized carbons (Fsp3) is 0.667. The Balaban J connectivity index is 3.08. The lowest BCUT2D eigenvalue weighted by Gasteiger charge is -2.03. The van der Waals surface area contributed by atoms with Crippen molar-refractivity contribution in [2.45, 2.75) is 12.5 Å². The van der Waals surface area contributed by atoms with Crippen molar-refractivity contribution in [3.05, 3.63) is 0 Å². The predicted octanol–water partition coefficient (Wildman–Crippen LogP) is -0.0166. The van der Waals surface area contributed by atoms with Crippen LogP contribution < -0.4 is 5.73 Å². The smallest absolute Gasteiger partial charge is 0.0623 e. The Labute approximate surface area is 50.0 Å². The number of terminal acetylenes is 1. The summed E-state index contributed by atoms with van der Waals surface area (Å²) in [7, 11) is 1.61. The molecule has 0 aromatic carbocycles. The highest BCUT2D eigenvalue weighted by molar-refractivity contribution is 4.88. The molecule has 1 atom stereocenters. The molecule has 46 valence electrons. The van der Waals surface area contributed by atoms with E-state index in [9.17, 15) is 0 Å². The zero-order chi connectivity index (χ0) is 6.41. The molecule has 2 heteroatoms. The molecule has 0 aliphatic heterocycles. The van der Waals surface area contributed by atoms with Crippen LogP contribution in [0.3, 0.4) is 0 Å². The second-order valence-electron chi connectivity index (χ2n) is 1.62. The van der Waals surface area contributed by atoms with Gasteiger partial charge in [0.25, 0.3) is 0 Å². The van der Waals surface area contributed by atoms with Gasteiger partial charge in [0.2, 0.25) is 0 Å². The molecule has 0 spiro atoms. The number of rotatable bonds is 3. The highest BCUT2D eigenvalue weighted by Crippen LogP contribution is 1.83. The summed E-state index contributed by atoms with van der Waals surface area (Å²) in [6, 6.07) is 0.00463. The molecule has 2 nitrogen and oxygen atoms in total. The number of nitrogens with two attached hydrogens (primary N) is 1. The Kier molecular flexibility index (Phi) is 4.33. The molecule has 0 bridgehead atoms. The van der Waals surface area contributed by atoms with E-state index in [1.807, 2.05) is 0 Å². The van der Waals surface area contributed by atoms with Crippen molar-refractivity contribution in [1.82, 2.24) is 0 Å². The van der Waals surface area contributed by atoms with Crippen molar-refractivity contribution in [3.8, 4) is 12.3 Å². The first-order valence-electron chi connectivity index (χ1n) is 2.49. The van der Waals surface area contributed by atoms with Crippen molar-refractivity contribution >= 4 is 0 Å². The van der Waals surface area contributed by atoms with Crippen LogP contribution in [0.15, 0.2) is 0 Å². The molecule has 0 aliphatic rings. The summed E-state index contributed by atoms with van der Waals surface area (Å²) in [5.74, 6) is 2.45. The fourth-order valence-electron chi connectivity index (χ4n) is 0.424. The third kappa shape index (κ3) is 3.66. The van der Waals surface area contributed by atoms with Crippen LogP contribution in [0.2, 0.25) is 0 Å². The Bertz CT molecular complexity index is 85.0. The normalized spacial score (nSPS) is 12.6. The number of hydrogen-bond acceptors (Lipinski definition) is 2. The van der Waals surface area contributed by atoms with Crippen molar-refractivity contribution in [1.29, 1.82) is 0 Å². The van der Waals surface area contributed by atoms with Crippen molar-refractivity contribution in [3.63, 3.8) is 0 Å². The molecule has 0 heterocycles. The van der Waals surface area contributed by atoms with Gasteiger partial charge in [-0.1, -0.05) is 0 Å². The minimum Gasteiger partial charge on any atom is -0.383 e. The first-order chi connectivity index (χ1) is 3.81. The zero-order valence-corrected chi connectivity index (χ0v) is 5.05. The van der Waals surface area contributed by atoms with Crippen LogP contribution >= 0.6 is 0 Å². The van der Waals surface area contributed by atoms with E-state index in [1.54, 1.807) is 7.11 Å². The van der Waals surface area contributed by atoms with Crippen LogP contribution in [0.5, 0.6) is 0 Å². The molecular weight excluding hydrogens is 102 g/mol. The van der Waals surface area contributed by atoms with Crippen LogP contribution in [0.4, 0.5) is 0 Å². The molecule has 0 saturated heterocycles. The van der Waals surface area contributed by atoms with Gasteiger partial charge in [-0.2, -0.15) is 0 Å². The van der Waals surface area contributed by atoms with Gasteiger partial charge in [-0.15, -0.1) is 12.3 Å². The van der Waals surface area contributed by atoms with Crippen molar-refractivity contribution < 1.29 is 4.74 Å². The Hall–Kier alpha value is -0.520. The van der Waals surface area contributed by atoms with E-state index in [0.717, 1.165) is 0 Å². The van der Waals surface area contributed by atoms with Gasteiger partial charge in [-0.05, 0) is 0 Å². The molecule has 0 aliphatic carbocycles. The topological polar surface area (TPSA) is 35.2 Å². The Morgan fingerprint density at radius 1 is 1.88 bits per heavy atom. The summed E-state index contributed by atoms with van der Waals surface area (Å²) in [4.78, 5) is 0. The van der Waals surface area contributed by atoms with E-state index in [0.29, 0.717) is 13.0 Å². The maximum atomic E-state index is 5.43. The molecule has 2 N–H and O–H groups in total. The number of hydrogen-bond donors (Lipinski definition) is 1. The van der Waals surface area contributed by atoms with E-state index in [-0.39, 0.29) is 6.04 Å². The average Bonchev–Trinajstić information content (AvgIpc) is 1.68. The molecule has 0 amide bonds. The van der Waals surface area contributed by atoms with Gasteiger partial charge < -0.3 is 10.5 Å². The summed E-state index contributed by atoms with van der Waals surface area (Å²) in [5, 5.41) is 0. The quantitative estimate of drug-likeness (QED) is 0.522. The second kappa shape index (κ2) is 4.63. The molecule has 0 saturated carbocycles. The van der Waals surface area contributed by atoms with Gasteiger partial charge in [-0.25, -0.2) is 0 Å². The summed E-state index contributed by atoms with van der Waals surface area (Å²) < 4.78 is 4.74. The molecule has 0 fully saturated rings. The van der Waals surface area contributed by atoms with Crippen LogP contribution in [0, 0.1) is 12.3 Å². The number of methoxy groups -OCH3 is 1. The maximum absolute atomic E-state index is 5.43. The minimum absolute atomic E-state index is 0.00463. The second-order valence-corrected chi connectivity index (χ2v) is 1.62. The SMILES string of the molecule is C#CC[C@@H](N)COC. The van der Waals surface area contributed by atoms with Gasteiger partial charge in [0.1, 0.15) is 0 Å². The van der Waals surface area contributed by atoms with Gasteiger partial charge in [0.05, 0.1) is 6.61 Å². The molecule has 8 heavy (non-hydrogen) atoms. The highest BCUT2D eigenvalue weighted by Gasteiger charge is 1.95. The zero-order valence-electron chi connectivity index (χ0n) is 5.05. The van der Waals surface area contributed by atoms with Gasteiger partial charge >= 0.3 is 0 Å². The fourth-order valence-corrected chi connectivity index (χ4v) is 0.424. The average molecular weight is 113 g/mol. The molecule has 0 rings (SSSR count). The molecule has 0 aromatic rings. The third-order valence-electron chi connectivity index (χ3n) is 0.761. The van der Waals surface area contributed by atoms with E-state index in [2.05, 4.69) is 5.92 Å². The van der Waals surface area contributed by atoms with Crippen LogP contribution in [-0.4, -0.2) is 19.8 Å². The lowest BCUT2D eigenvalue weighted by atomic mass is 10.2. The van der Waals surface area contributed by atoms with E-state index < -0.39 is 0 Å². The van der Waals surface area contributed by atoms with E-state index >= 15 is 0 Å². The molecule has 0 radical (unpaired) electrons. The lowest BCUT2D eigenvalue weighted by Crippen LogP contribution is -2.24. The first-order valence-corrected chi connectivity index (χ1v) is 2.49. The largest absolute Gasteiger partial charge is 0.383 e. The monoisotopic (exact) mass is 113 g/mol. The van der Waals surface area contributed by atoms with Gasteiger partial charge in [0, 0.05) is 19.6 Å². The predicted molar refractivity (Wildman–Crippen MR) is 33.3 cm³/mol. The Morgan fingerprint density at radius 2 is 2.50 bits per heavy atom. The summed E-state index contributed by atoms with van der Waals surface area (Å²) >= 11 is 0. The first kappa shape index (κ1) is 7.48. The highest BCUT2D eigenvalue weighted by atomic mass is 16.5. The maximum Gasteiger partial charge on any atom is 0.0623 e. The van der Waals surface area contributed by atoms with Crippen LogP contribution in [0.1, 0.15) is 6.42 Å². The molecular formula is C6H11NO. The Morgan fingerprint density at radius 3 is 2.88 bits per heavy atom. The standard InChI is InChI=1S/C6H11NO/c1-3-4-6(7)5-8-2/h1,6H,4-5,7H2,2H3/t6-/m1/s1. The van der Waals surface area contributed by atoms with Crippen LogP contribution in [-0.2, 0) is 4.74 Å². The molecule has 0 aromatic heterocycles. The van der Waals surface area contributed by atoms with Gasteiger partial charge in [-0.3, -0.25) is 0 Å². The summed E-state index contributed by atoms with van der Waals surface area (Å²) in [6.45, 7) is 0.546. The van der Waals surface area contributed by atoms with Crippen molar-refractivity contribution in [2.75, 3.05) is 13.7 Å². The third-order valence-corrected chi connectivity index (χ3v) is 0.761. The van der Waals surface area contributed by atoms with Crippen LogP contribution in [0.25, 0.3) is 0 Å². The lowest BCUT2D eigenvalue weighted by molar-refractivity contribution is 0.181. The van der Waals surface area contributed by atoms with E-state index in [1.165, 1.54) is 0 Å². The van der Waals surface area contributed by atoms with E-state index in [4.69, 9.17) is 16.9 Å². The summed E-state index contributed by atoms with van der Waals surface area (Å²) in [5.41, 5.74) is 5.43. The molecule has 0 unspecified atom stereocenters. The van der Waals surface area contributed by atoms with Gasteiger partial charge in [0.15, 0.2) is 0 Å².